The molecule has 0 aliphatic carbocycles. The van der Waals surface area contributed by atoms with E-state index in [4.69, 9.17) is 15.2 Å². The number of hydrogen-bond donors (Lipinski definition) is 1. The lowest BCUT2D eigenvalue weighted by atomic mass is 10.0. The second-order valence-electron chi connectivity index (χ2n) is 3.80. The van der Waals surface area contributed by atoms with Gasteiger partial charge in [-0.05, 0) is 6.92 Å². The van der Waals surface area contributed by atoms with Crippen molar-refractivity contribution in [1.29, 1.82) is 0 Å². The van der Waals surface area contributed by atoms with Crippen molar-refractivity contribution < 1.29 is 9.47 Å². The Balaban J connectivity index is 2.12. The Bertz CT molecular complexity index is 329. The van der Waals surface area contributed by atoms with E-state index in [0.29, 0.717) is 13.2 Å². The summed E-state index contributed by atoms with van der Waals surface area (Å²) in [6.45, 7) is 3.32. The van der Waals surface area contributed by atoms with Gasteiger partial charge in [0.1, 0.15) is 11.1 Å². The van der Waals surface area contributed by atoms with Crippen LogP contribution in [-0.2, 0) is 9.47 Å². The van der Waals surface area contributed by atoms with E-state index in [1.165, 1.54) is 0 Å². The molecule has 1 saturated heterocycles. The average molecular weight is 228 g/mol. The third-order valence-electron chi connectivity index (χ3n) is 2.75. The normalized spacial score (nSPS) is 28.2. The highest BCUT2D eigenvalue weighted by atomic mass is 32.1. The molecule has 2 rings (SSSR count). The number of ether oxygens (including phenoxy) is 2. The lowest BCUT2D eigenvalue weighted by molar-refractivity contribution is 0.119. The van der Waals surface area contributed by atoms with Gasteiger partial charge in [-0.2, -0.15) is 0 Å². The third-order valence-corrected chi connectivity index (χ3v) is 3.77. The van der Waals surface area contributed by atoms with Crippen molar-refractivity contribution in [2.24, 2.45) is 5.73 Å². The lowest BCUT2D eigenvalue weighted by Gasteiger charge is -2.09. The molecule has 1 fully saturated rings. The van der Waals surface area contributed by atoms with E-state index in [1.54, 1.807) is 18.4 Å². The standard InChI is InChI=1S/C10H16N2O2S/c1-6(13-2)10-12-9(5-15-10)7-3-14-4-8(7)11/h5-8H,3-4,11H2,1-2H3. The molecule has 2 N–H and O–H groups in total. The molecule has 0 aromatic carbocycles. The Kier molecular flexibility index (Phi) is 3.35. The molecule has 0 spiro atoms. The van der Waals surface area contributed by atoms with Crippen molar-refractivity contribution in [3.05, 3.63) is 16.1 Å². The number of rotatable bonds is 3. The van der Waals surface area contributed by atoms with Gasteiger partial charge in [-0.15, -0.1) is 11.3 Å². The van der Waals surface area contributed by atoms with Crippen LogP contribution >= 0.6 is 11.3 Å². The number of nitrogens with zero attached hydrogens (tertiary/aromatic N) is 1. The van der Waals surface area contributed by atoms with Gasteiger partial charge in [-0.25, -0.2) is 4.98 Å². The number of methoxy groups -OCH3 is 1. The molecular weight excluding hydrogens is 212 g/mol. The van der Waals surface area contributed by atoms with E-state index in [9.17, 15) is 0 Å². The molecule has 1 aliphatic rings. The maximum atomic E-state index is 5.94. The smallest absolute Gasteiger partial charge is 0.121 e. The van der Waals surface area contributed by atoms with Crippen LogP contribution in [0.3, 0.4) is 0 Å². The summed E-state index contributed by atoms with van der Waals surface area (Å²) >= 11 is 1.62. The molecule has 4 nitrogen and oxygen atoms in total. The largest absolute Gasteiger partial charge is 0.379 e. The first-order valence-electron chi connectivity index (χ1n) is 5.03. The highest BCUT2D eigenvalue weighted by molar-refractivity contribution is 7.09. The van der Waals surface area contributed by atoms with Crippen LogP contribution in [0.4, 0.5) is 0 Å². The van der Waals surface area contributed by atoms with Crippen molar-refractivity contribution in [3.63, 3.8) is 0 Å². The maximum absolute atomic E-state index is 5.94. The topological polar surface area (TPSA) is 57.4 Å². The summed E-state index contributed by atoms with van der Waals surface area (Å²) in [5.41, 5.74) is 6.98. The first-order chi connectivity index (χ1) is 7.22. The zero-order valence-corrected chi connectivity index (χ0v) is 9.79. The van der Waals surface area contributed by atoms with Crippen LogP contribution in [0.2, 0.25) is 0 Å². The molecule has 5 heteroatoms. The predicted molar refractivity (Wildman–Crippen MR) is 59.1 cm³/mol. The van der Waals surface area contributed by atoms with Gasteiger partial charge in [0.15, 0.2) is 0 Å². The molecule has 0 saturated carbocycles. The molecule has 3 atom stereocenters. The molecule has 1 aliphatic heterocycles. The number of hydrogen-bond acceptors (Lipinski definition) is 5. The van der Waals surface area contributed by atoms with Gasteiger partial charge in [0, 0.05) is 24.4 Å². The SMILES string of the molecule is COC(C)c1nc(C2COCC2N)cs1. The van der Waals surface area contributed by atoms with E-state index < -0.39 is 0 Å². The van der Waals surface area contributed by atoms with E-state index in [-0.39, 0.29) is 18.1 Å². The van der Waals surface area contributed by atoms with E-state index in [2.05, 4.69) is 10.4 Å². The zero-order valence-electron chi connectivity index (χ0n) is 8.97. The molecule has 1 aromatic heterocycles. The van der Waals surface area contributed by atoms with Gasteiger partial charge >= 0.3 is 0 Å². The summed E-state index contributed by atoms with van der Waals surface area (Å²) in [6.07, 6.45) is 0.0577. The Morgan fingerprint density at radius 3 is 3.07 bits per heavy atom. The second kappa shape index (κ2) is 4.57. The third kappa shape index (κ3) is 2.20. The Hall–Kier alpha value is -0.490. The molecule has 0 amide bonds. The zero-order chi connectivity index (χ0) is 10.8. The molecular formula is C10H16N2O2S. The Morgan fingerprint density at radius 1 is 1.67 bits per heavy atom. The first kappa shape index (κ1) is 11.0. The number of nitrogens with two attached hydrogens (primary N) is 1. The minimum atomic E-state index is 0.0577. The quantitative estimate of drug-likeness (QED) is 0.847. The van der Waals surface area contributed by atoms with Gasteiger partial charge in [0.2, 0.25) is 0 Å². The van der Waals surface area contributed by atoms with Crippen LogP contribution < -0.4 is 5.73 Å². The van der Waals surface area contributed by atoms with Gasteiger partial charge in [-0.1, -0.05) is 0 Å². The number of aromatic nitrogens is 1. The minimum absolute atomic E-state index is 0.0577. The average Bonchev–Trinajstić information content (AvgIpc) is 2.84. The monoisotopic (exact) mass is 228 g/mol. The fraction of sp³-hybridized carbons (Fsp3) is 0.700. The van der Waals surface area contributed by atoms with Crippen LogP contribution in [0.5, 0.6) is 0 Å². The summed E-state index contributed by atoms with van der Waals surface area (Å²) in [5, 5.41) is 3.07. The van der Waals surface area contributed by atoms with Gasteiger partial charge in [0.05, 0.1) is 18.9 Å². The van der Waals surface area contributed by atoms with Crippen molar-refractivity contribution in [1.82, 2.24) is 4.98 Å². The van der Waals surface area contributed by atoms with Crippen LogP contribution in [0.25, 0.3) is 0 Å². The maximum Gasteiger partial charge on any atom is 0.121 e. The van der Waals surface area contributed by atoms with E-state index in [1.807, 2.05) is 6.92 Å². The summed E-state index contributed by atoms with van der Waals surface area (Å²) in [5.74, 6) is 0.249. The Morgan fingerprint density at radius 2 is 2.47 bits per heavy atom. The summed E-state index contributed by atoms with van der Waals surface area (Å²) in [4.78, 5) is 4.55. The molecule has 0 bridgehead atoms. The van der Waals surface area contributed by atoms with Crippen molar-refractivity contribution in [3.8, 4) is 0 Å². The molecule has 3 unspecified atom stereocenters. The van der Waals surface area contributed by atoms with Crippen LogP contribution in [0, 0.1) is 0 Å². The molecule has 1 aromatic rings. The first-order valence-corrected chi connectivity index (χ1v) is 5.91. The lowest BCUT2D eigenvalue weighted by Crippen LogP contribution is -2.27. The van der Waals surface area contributed by atoms with Gasteiger partial charge < -0.3 is 15.2 Å². The van der Waals surface area contributed by atoms with Crippen molar-refractivity contribution in [2.45, 2.75) is 25.0 Å². The fourth-order valence-electron chi connectivity index (χ4n) is 1.63. The Labute approximate surface area is 93.4 Å². The minimum Gasteiger partial charge on any atom is -0.379 e. The van der Waals surface area contributed by atoms with Crippen LogP contribution in [-0.4, -0.2) is 31.3 Å². The molecule has 15 heavy (non-hydrogen) atoms. The van der Waals surface area contributed by atoms with Crippen LogP contribution in [0.15, 0.2) is 5.38 Å². The molecule has 84 valence electrons. The fourth-order valence-corrected chi connectivity index (χ4v) is 2.55. The summed E-state index contributed by atoms with van der Waals surface area (Å²) in [7, 11) is 1.69. The predicted octanol–water partition coefficient (Wildman–Crippen LogP) is 1.29. The molecule has 2 heterocycles. The van der Waals surface area contributed by atoms with Crippen molar-refractivity contribution in [2.75, 3.05) is 20.3 Å². The van der Waals surface area contributed by atoms with E-state index >= 15 is 0 Å². The highest BCUT2D eigenvalue weighted by Gasteiger charge is 2.28. The summed E-state index contributed by atoms with van der Waals surface area (Å²) < 4.78 is 10.6. The van der Waals surface area contributed by atoms with Crippen molar-refractivity contribution >= 4 is 11.3 Å². The van der Waals surface area contributed by atoms with Gasteiger partial charge in [0.25, 0.3) is 0 Å². The van der Waals surface area contributed by atoms with Gasteiger partial charge in [-0.3, -0.25) is 0 Å². The number of thiazole rings is 1. The molecule has 0 radical (unpaired) electrons. The van der Waals surface area contributed by atoms with Crippen LogP contribution in [0.1, 0.15) is 29.6 Å². The van der Waals surface area contributed by atoms with E-state index in [0.717, 1.165) is 10.7 Å². The summed E-state index contributed by atoms with van der Waals surface area (Å²) in [6, 6.07) is 0.0813. The highest BCUT2D eigenvalue weighted by Crippen LogP contribution is 2.28. The second-order valence-corrected chi connectivity index (χ2v) is 4.69.